The average molecular weight is 514 g/mol. The highest BCUT2D eigenvalue weighted by Gasteiger charge is 2.41. The fourth-order valence-corrected chi connectivity index (χ4v) is 5.10. The largest absolute Gasteiger partial charge is 0.466 e. The second-order valence-electron chi connectivity index (χ2n) is 9.40. The van der Waals surface area contributed by atoms with E-state index in [1.54, 1.807) is 6.92 Å². The number of hydrogen-bond donors (Lipinski definition) is 0. The van der Waals surface area contributed by atoms with E-state index >= 15 is 0 Å². The lowest BCUT2D eigenvalue weighted by Gasteiger charge is -2.31. The molecular formula is C25H28F5N3O3. The molecule has 1 fully saturated rings. The van der Waals surface area contributed by atoms with Gasteiger partial charge in [0.15, 0.2) is 5.69 Å². The molecule has 0 saturated heterocycles. The maximum Gasteiger partial charge on any atom is 0.435 e. The van der Waals surface area contributed by atoms with Crippen molar-refractivity contribution < 1.29 is 36.3 Å². The lowest BCUT2D eigenvalue weighted by Crippen LogP contribution is -2.38. The molecule has 1 aromatic carbocycles. The molecule has 196 valence electrons. The van der Waals surface area contributed by atoms with Crippen LogP contribution in [0.4, 0.5) is 22.0 Å². The number of carbonyl (C=O) groups excluding carboxylic acids is 2. The zero-order valence-electron chi connectivity index (χ0n) is 19.9. The topological polar surface area (TPSA) is 64.4 Å². The summed E-state index contributed by atoms with van der Waals surface area (Å²) < 4.78 is 74.6. The second-order valence-corrected chi connectivity index (χ2v) is 9.40. The molecule has 36 heavy (non-hydrogen) atoms. The monoisotopic (exact) mass is 513 g/mol. The van der Waals surface area contributed by atoms with Crippen molar-refractivity contribution in [2.75, 3.05) is 13.2 Å². The van der Waals surface area contributed by atoms with Crippen LogP contribution in [0, 0.1) is 23.5 Å². The second kappa shape index (κ2) is 10.6. The summed E-state index contributed by atoms with van der Waals surface area (Å²) in [6, 6.07) is 2.87. The third kappa shape index (κ3) is 5.70. The molecule has 2 aromatic rings. The van der Waals surface area contributed by atoms with Gasteiger partial charge in [0, 0.05) is 30.2 Å². The molecule has 0 unspecified atom stereocenters. The minimum absolute atomic E-state index is 0.00256. The molecular weight excluding hydrogens is 485 g/mol. The van der Waals surface area contributed by atoms with Gasteiger partial charge in [-0.25, -0.2) is 8.78 Å². The molecule has 0 spiro atoms. The van der Waals surface area contributed by atoms with E-state index < -0.39 is 23.5 Å². The van der Waals surface area contributed by atoms with Crippen LogP contribution in [-0.4, -0.2) is 39.7 Å². The van der Waals surface area contributed by atoms with Crippen LogP contribution in [0.3, 0.4) is 0 Å². The fraction of sp³-hybridized carbons (Fsp3) is 0.560. The van der Waals surface area contributed by atoms with Crippen molar-refractivity contribution in [2.24, 2.45) is 11.8 Å². The highest BCUT2D eigenvalue weighted by molar-refractivity contribution is 5.77. The van der Waals surface area contributed by atoms with Crippen LogP contribution >= 0.6 is 0 Å². The van der Waals surface area contributed by atoms with Gasteiger partial charge < -0.3 is 9.64 Å². The van der Waals surface area contributed by atoms with Gasteiger partial charge in [0.25, 0.3) is 0 Å². The van der Waals surface area contributed by atoms with Crippen LogP contribution in [0.2, 0.25) is 0 Å². The maximum atomic E-state index is 14.2. The summed E-state index contributed by atoms with van der Waals surface area (Å²) in [4.78, 5) is 26.5. The summed E-state index contributed by atoms with van der Waals surface area (Å²) in [5.74, 6) is -2.12. The average Bonchev–Trinajstić information content (AvgIpc) is 3.20. The first-order valence-corrected chi connectivity index (χ1v) is 12.1. The smallest absolute Gasteiger partial charge is 0.435 e. The third-order valence-corrected chi connectivity index (χ3v) is 7.03. The van der Waals surface area contributed by atoms with Gasteiger partial charge in [-0.3, -0.25) is 14.3 Å². The van der Waals surface area contributed by atoms with E-state index in [0.29, 0.717) is 38.4 Å². The predicted octanol–water partition coefficient (Wildman–Crippen LogP) is 4.87. The molecule has 1 saturated carbocycles. The van der Waals surface area contributed by atoms with Crippen LogP contribution in [-0.2, 0) is 40.0 Å². The Morgan fingerprint density at radius 2 is 1.86 bits per heavy atom. The number of benzene rings is 1. The van der Waals surface area contributed by atoms with E-state index in [0.717, 1.165) is 10.7 Å². The summed E-state index contributed by atoms with van der Waals surface area (Å²) in [6.07, 6.45) is -1.77. The molecule has 0 radical (unpaired) electrons. The van der Waals surface area contributed by atoms with E-state index in [1.165, 1.54) is 11.0 Å². The Bertz CT molecular complexity index is 1120. The molecule has 4 rings (SSSR count). The number of aromatic nitrogens is 2. The Labute approximate surface area is 205 Å². The minimum atomic E-state index is -4.69. The summed E-state index contributed by atoms with van der Waals surface area (Å²) in [5.41, 5.74) is -0.831. The number of carbonyl (C=O) groups is 2. The summed E-state index contributed by atoms with van der Waals surface area (Å²) >= 11 is 0. The van der Waals surface area contributed by atoms with Crippen molar-refractivity contribution >= 4 is 11.9 Å². The van der Waals surface area contributed by atoms with E-state index in [2.05, 4.69) is 5.10 Å². The van der Waals surface area contributed by atoms with Crippen molar-refractivity contribution in [2.45, 2.75) is 64.7 Å². The van der Waals surface area contributed by atoms with Gasteiger partial charge in [-0.2, -0.15) is 18.3 Å². The normalized spacial score (nSPS) is 20.2. The SMILES string of the molecule is CCOC(=O)C1CCC(CC(=O)N2CCc3c(C(F)(F)F)nn(Cc4ccc(F)cc4F)c3C2)CC1. The number of amides is 1. The number of nitrogens with zero attached hydrogens (tertiary/aromatic N) is 3. The molecule has 1 aliphatic heterocycles. The number of rotatable bonds is 6. The summed E-state index contributed by atoms with van der Waals surface area (Å²) in [7, 11) is 0. The molecule has 0 bridgehead atoms. The van der Waals surface area contributed by atoms with Gasteiger partial charge >= 0.3 is 12.1 Å². The molecule has 11 heteroatoms. The van der Waals surface area contributed by atoms with Gasteiger partial charge in [-0.15, -0.1) is 0 Å². The Balaban J connectivity index is 1.47. The van der Waals surface area contributed by atoms with E-state index in [4.69, 9.17) is 4.74 Å². The highest BCUT2D eigenvalue weighted by Crippen LogP contribution is 2.36. The van der Waals surface area contributed by atoms with Crippen molar-refractivity contribution in [3.63, 3.8) is 0 Å². The zero-order chi connectivity index (χ0) is 26.0. The number of hydrogen-bond acceptors (Lipinski definition) is 4. The molecule has 0 atom stereocenters. The maximum absolute atomic E-state index is 14.2. The Hall–Kier alpha value is -2.98. The number of alkyl halides is 3. The quantitative estimate of drug-likeness (QED) is 0.408. The Morgan fingerprint density at radius 3 is 2.50 bits per heavy atom. The summed E-state index contributed by atoms with van der Waals surface area (Å²) in [5, 5.41) is 3.72. The highest BCUT2D eigenvalue weighted by atomic mass is 19.4. The van der Waals surface area contributed by atoms with Gasteiger partial charge in [-0.05, 0) is 51.0 Å². The van der Waals surface area contributed by atoms with Crippen molar-refractivity contribution in [3.8, 4) is 0 Å². The number of halogens is 5. The number of fused-ring (bicyclic) bond motifs is 1. The van der Waals surface area contributed by atoms with Gasteiger partial charge in [0.1, 0.15) is 11.6 Å². The molecule has 1 aliphatic carbocycles. The Kier molecular flexibility index (Phi) is 7.65. The van der Waals surface area contributed by atoms with Gasteiger partial charge in [0.05, 0.1) is 31.3 Å². The molecule has 1 aromatic heterocycles. The number of esters is 1. The van der Waals surface area contributed by atoms with Crippen LogP contribution < -0.4 is 0 Å². The standard InChI is InChI=1S/C25H28F5N3O3/c1-2-36-24(35)16-5-3-15(4-6-16)11-22(34)32-10-9-19-21(14-32)33(31-23(19)25(28,29)30)13-17-7-8-18(26)12-20(17)27/h7-8,12,15-16H,2-6,9-11,13-14H2,1H3. The van der Waals surface area contributed by atoms with Crippen LogP contribution in [0.25, 0.3) is 0 Å². The first-order valence-electron chi connectivity index (χ1n) is 12.1. The molecule has 2 heterocycles. The van der Waals surface area contributed by atoms with Crippen LogP contribution in [0.5, 0.6) is 0 Å². The molecule has 1 amide bonds. The van der Waals surface area contributed by atoms with Gasteiger partial charge in [0.2, 0.25) is 5.91 Å². The summed E-state index contributed by atoms with van der Waals surface area (Å²) in [6.45, 7) is 1.83. The van der Waals surface area contributed by atoms with Crippen molar-refractivity contribution in [1.82, 2.24) is 14.7 Å². The third-order valence-electron chi connectivity index (χ3n) is 7.03. The fourth-order valence-electron chi connectivity index (χ4n) is 5.10. The van der Waals surface area contributed by atoms with Crippen molar-refractivity contribution in [1.29, 1.82) is 0 Å². The van der Waals surface area contributed by atoms with E-state index in [-0.39, 0.29) is 73.0 Å². The van der Waals surface area contributed by atoms with E-state index in [9.17, 15) is 31.5 Å². The minimum Gasteiger partial charge on any atom is -0.466 e. The van der Waals surface area contributed by atoms with Crippen LogP contribution in [0.1, 0.15) is 61.5 Å². The van der Waals surface area contributed by atoms with Crippen molar-refractivity contribution in [3.05, 3.63) is 52.3 Å². The molecule has 0 N–H and O–H groups in total. The van der Waals surface area contributed by atoms with Crippen LogP contribution in [0.15, 0.2) is 18.2 Å². The lowest BCUT2D eigenvalue weighted by molar-refractivity contribution is -0.149. The lowest BCUT2D eigenvalue weighted by atomic mass is 9.80. The molecule has 6 nitrogen and oxygen atoms in total. The Morgan fingerprint density at radius 1 is 1.14 bits per heavy atom. The van der Waals surface area contributed by atoms with Gasteiger partial charge in [-0.1, -0.05) is 6.07 Å². The number of ether oxygens (including phenoxy) is 1. The molecule has 2 aliphatic rings. The zero-order valence-corrected chi connectivity index (χ0v) is 19.9. The first-order chi connectivity index (χ1) is 17.1. The predicted molar refractivity (Wildman–Crippen MR) is 119 cm³/mol. The van der Waals surface area contributed by atoms with E-state index in [1.807, 2.05) is 0 Å². The first kappa shape index (κ1) is 26.1.